The maximum absolute atomic E-state index is 12.2. The lowest BCUT2D eigenvalue weighted by Crippen LogP contribution is -2.50. The van der Waals surface area contributed by atoms with Gasteiger partial charge < -0.3 is 9.47 Å². The maximum Gasteiger partial charge on any atom is 0.267 e. The molecule has 0 aromatic carbocycles. The molecular weight excluding hydrogens is 322 g/mol. The lowest BCUT2D eigenvalue weighted by atomic mass is 10.00. The van der Waals surface area contributed by atoms with Gasteiger partial charge in [0.25, 0.3) is 5.56 Å². The molecule has 2 aliphatic heterocycles. The highest BCUT2D eigenvalue weighted by atomic mass is 32.2. The number of nitrogens with zero attached hydrogens (tertiary/aromatic N) is 5. The second-order valence-corrected chi connectivity index (χ2v) is 7.92. The highest BCUT2D eigenvalue weighted by Gasteiger charge is 2.27. The summed E-state index contributed by atoms with van der Waals surface area (Å²) in [6.45, 7) is 3.92. The zero-order chi connectivity index (χ0) is 16.5. The van der Waals surface area contributed by atoms with Crippen molar-refractivity contribution in [1.82, 2.24) is 24.2 Å². The first kappa shape index (κ1) is 15.9. The van der Waals surface area contributed by atoms with E-state index in [1.54, 1.807) is 10.7 Å². The van der Waals surface area contributed by atoms with E-state index in [9.17, 15) is 4.79 Å². The van der Waals surface area contributed by atoms with Crippen LogP contribution in [-0.4, -0.2) is 49.6 Å². The number of hydrogen-bond acceptors (Lipinski definition) is 5. The van der Waals surface area contributed by atoms with Crippen LogP contribution in [0.3, 0.4) is 0 Å². The number of aryl methyl sites for hydroxylation is 2. The predicted octanol–water partition coefficient (Wildman–Crippen LogP) is 0.941. The fraction of sp³-hybridized carbons (Fsp3) is 0.588. The van der Waals surface area contributed by atoms with E-state index in [-0.39, 0.29) is 5.56 Å². The van der Waals surface area contributed by atoms with Crippen LogP contribution in [0.4, 0.5) is 0 Å². The first-order valence-electron chi connectivity index (χ1n) is 8.54. The van der Waals surface area contributed by atoms with Crippen molar-refractivity contribution < 1.29 is 0 Å². The van der Waals surface area contributed by atoms with Crippen LogP contribution < -0.4 is 5.56 Å². The first-order chi connectivity index (χ1) is 11.7. The van der Waals surface area contributed by atoms with Crippen LogP contribution in [0.1, 0.15) is 17.0 Å². The molecule has 0 unspecified atom stereocenters. The molecule has 0 radical (unpaired) electrons. The van der Waals surface area contributed by atoms with E-state index in [0.717, 1.165) is 61.8 Å². The molecule has 0 N–H and O–H groups in total. The van der Waals surface area contributed by atoms with Gasteiger partial charge in [-0.3, -0.25) is 4.79 Å². The minimum Gasteiger partial charge on any atom is -0.338 e. The molecule has 1 saturated heterocycles. The molecule has 2 aromatic rings. The minimum atomic E-state index is 0.0598. The topological polar surface area (TPSA) is 56.0 Å². The van der Waals surface area contributed by atoms with Crippen molar-refractivity contribution in [2.45, 2.75) is 25.1 Å². The van der Waals surface area contributed by atoms with Crippen molar-refractivity contribution in [2.75, 3.05) is 25.4 Å². The Kier molecular flexibility index (Phi) is 4.45. The number of hydrogen-bond donors (Lipinski definition) is 0. The van der Waals surface area contributed by atoms with E-state index < -0.39 is 0 Å². The highest BCUT2D eigenvalue weighted by Crippen LogP contribution is 2.22. The molecule has 0 spiro atoms. The van der Waals surface area contributed by atoms with Gasteiger partial charge in [-0.15, -0.1) is 0 Å². The molecule has 2 aromatic heterocycles. The van der Waals surface area contributed by atoms with Gasteiger partial charge in [0.15, 0.2) is 0 Å². The molecular formula is C17H23N5OS. The van der Waals surface area contributed by atoms with Gasteiger partial charge in [0.05, 0.1) is 18.6 Å². The second-order valence-electron chi connectivity index (χ2n) is 6.81. The van der Waals surface area contributed by atoms with Gasteiger partial charge in [0.1, 0.15) is 0 Å². The van der Waals surface area contributed by atoms with Gasteiger partial charge in [-0.25, -0.2) is 9.67 Å². The Morgan fingerprint density at radius 2 is 2.25 bits per heavy atom. The van der Waals surface area contributed by atoms with Crippen LogP contribution in [0.15, 0.2) is 23.4 Å². The molecule has 0 bridgehead atoms. The van der Waals surface area contributed by atoms with Crippen molar-refractivity contribution in [2.24, 2.45) is 13.0 Å². The average Bonchev–Trinajstić information content (AvgIpc) is 2.95. The predicted molar refractivity (Wildman–Crippen MR) is 95.2 cm³/mol. The maximum atomic E-state index is 12.2. The molecule has 0 saturated carbocycles. The van der Waals surface area contributed by atoms with Crippen molar-refractivity contribution in [1.29, 1.82) is 0 Å². The molecule has 24 heavy (non-hydrogen) atoms. The Labute approximate surface area is 145 Å². The summed E-state index contributed by atoms with van der Waals surface area (Å²) >= 11 is 1.89. The first-order valence-corrected chi connectivity index (χ1v) is 9.70. The number of thioether (sulfide) groups is 1. The molecule has 7 heteroatoms. The molecule has 0 amide bonds. The van der Waals surface area contributed by atoms with Crippen LogP contribution in [-0.2, 0) is 32.2 Å². The Morgan fingerprint density at radius 1 is 1.38 bits per heavy atom. The van der Waals surface area contributed by atoms with Crippen LogP contribution >= 0.6 is 11.8 Å². The van der Waals surface area contributed by atoms with Gasteiger partial charge in [0, 0.05) is 69.2 Å². The third-order valence-corrected chi connectivity index (χ3v) is 5.98. The van der Waals surface area contributed by atoms with Crippen LogP contribution in [0.5, 0.6) is 0 Å². The summed E-state index contributed by atoms with van der Waals surface area (Å²) in [7, 11) is 2.04. The fourth-order valence-electron chi connectivity index (χ4n) is 3.50. The van der Waals surface area contributed by atoms with E-state index in [0.29, 0.717) is 5.92 Å². The smallest absolute Gasteiger partial charge is 0.267 e. The van der Waals surface area contributed by atoms with Crippen LogP contribution in [0, 0.1) is 5.92 Å². The fourth-order valence-corrected chi connectivity index (χ4v) is 4.45. The van der Waals surface area contributed by atoms with Gasteiger partial charge >= 0.3 is 0 Å². The molecule has 4 heterocycles. The quantitative estimate of drug-likeness (QED) is 0.807. The van der Waals surface area contributed by atoms with E-state index in [1.165, 1.54) is 5.69 Å². The van der Waals surface area contributed by atoms with Gasteiger partial charge in [-0.1, -0.05) is 0 Å². The average molecular weight is 345 g/mol. The Morgan fingerprint density at radius 3 is 3.04 bits per heavy atom. The summed E-state index contributed by atoms with van der Waals surface area (Å²) in [5.41, 5.74) is 3.59. The number of likely N-dealkylation sites (tertiary alicyclic amines) is 1. The second kappa shape index (κ2) is 6.72. The molecule has 1 fully saturated rings. The van der Waals surface area contributed by atoms with E-state index in [2.05, 4.69) is 19.5 Å². The Balaban J connectivity index is 1.30. The van der Waals surface area contributed by atoms with E-state index in [4.69, 9.17) is 0 Å². The third kappa shape index (κ3) is 3.28. The number of fused-ring (bicyclic) bond motifs is 1. The summed E-state index contributed by atoms with van der Waals surface area (Å²) in [5, 5.41) is 4.62. The zero-order valence-corrected chi connectivity index (χ0v) is 14.8. The summed E-state index contributed by atoms with van der Waals surface area (Å²) in [4.78, 5) is 18.8. The molecule has 2 aliphatic rings. The Hall–Kier alpha value is -1.60. The summed E-state index contributed by atoms with van der Waals surface area (Å²) in [5.74, 6) is 2.59. The summed E-state index contributed by atoms with van der Waals surface area (Å²) in [6, 6.07) is 1.80. The molecule has 0 aliphatic carbocycles. The van der Waals surface area contributed by atoms with Crippen LogP contribution in [0.2, 0.25) is 0 Å². The lowest BCUT2D eigenvalue weighted by molar-refractivity contribution is 0.0849. The number of rotatable bonds is 5. The van der Waals surface area contributed by atoms with E-state index in [1.807, 2.05) is 31.3 Å². The van der Waals surface area contributed by atoms with E-state index >= 15 is 0 Å². The van der Waals surface area contributed by atoms with Crippen molar-refractivity contribution in [3.63, 3.8) is 0 Å². The normalized spacial score (nSPS) is 18.4. The number of imidazole rings is 1. The molecule has 128 valence electrons. The molecule has 0 atom stereocenters. The summed E-state index contributed by atoms with van der Waals surface area (Å²) in [6.07, 6.45) is 5.80. The Bertz CT molecular complexity index is 778. The van der Waals surface area contributed by atoms with Gasteiger partial charge in [-0.05, 0) is 11.3 Å². The van der Waals surface area contributed by atoms with Gasteiger partial charge in [0.2, 0.25) is 0 Å². The van der Waals surface area contributed by atoms with Gasteiger partial charge in [-0.2, -0.15) is 16.9 Å². The third-order valence-electron chi connectivity index (χ3n) is 4.97. The van der Waals surface area contributed by atoms with Crippen LogP contribution in [0.25, 0.3) is 0 Å². The summed E-state index contributed by atoms with van der Waals surface area (Å²) < 4.78 is 3.77. The van der Waals surface area contributed by atoms with Crippen molar-refractivity contribution >= 4 is 11.8 Å². The van der Waals surface area contributed by atoms with Crippen molar-refractivity contribution in [3.8, 4) is 0 Å². The zero-order valence-electron chi connectivity index (χ0n) is 14.0. The minimum absolute atomic E-state index is 0.0598. The molecule has 4 rings (SSSR count). The monoisotopic (exact) mass is 345 g/mol. The largest absolute Gasteiger partial charge is 0.338 e. The molecule has 6 nitrogen and oxygen atoms in total. The lowest BCUT2D eigenvalue weighted by Gasteiger charge is -2.39. The SMILES string of the molecule is Cn1cncc1CCN1CC(Cn2nc3c(cc2=O)CSCC3)C1. The van der Waals surface area contributed by atoms with Crippen molar-refractivity contribution in [3.05, 3.63) is 45.9 Å². The highest BCUT2D eigenvalue weighted by molar-refractivity contribution is 7.98. The standard InChI is InChI=1S/C17H23N5OS/c1-20-12-18-7-15(20)2-4-21-8-13(9-21)10-22-17(23)6-14-11-24-5-3-16(14)19-22/h6-7,12-13H,2-5,8-11H2,1H3. The number of aromatic nitrogens is 4.